The molecule has 0 aliphatic heterocycles. The summed E-state index contributed by atoms with van der Waals surface area (Å²) in [5.74, 6) is 1.09. The van der Waals surface area contributed by atoms with Crippen LogP contribution in [-0.2, 0) is 13.8 Å². The van der Waals surface area contributed by atoms with Gasteiger partial charge in [0.05, 0.1) is 29.5 Å². The number of ketones is 1. The van der Waals surface area contributed by atoms with Gasteiger partial charge in [0.1, 0.15) is 5.78 Å². The summed E-state index contributed by atoms with van der Waals surface area (Å²) in [4.78, 5) is 23.0. The molecule has 2 N–H and O–H groups in total. The monoisotopic (exact) mass is 430 g/mol. The van der Waals surface area contributed by atoms with Crippen molar-refractivity contribution in [1.29, 1.82) is 0 Å². The number of hydrogen-bond donors (Lipinski definition) is 2. The van der Waals surface area contributed by atoms with Gasteiger partial charge in [0.25, 0.3) is 0 Å². The molecule has 2 aliphatic rings. The van der Waals surface area contributed by atoms with Crippen molar-refractivity contribution in [2.75, 3.05) is 11.5 Å². The highest BCUT2D eigenvalue weighted by Crippen LogP contribution is 2.48. The number of rotatable bonds is 12. The molecule has 0 spiro atoms. The van der Waals surface area contributed by atoms with E-state index in [1.54, 1.807) is 11.8 Å². The molecule has 2 fully saturated rings. The lowest BCUT2D eigenvalue weighted by molar-refractivity contribution is -0.130. The molecule has 4 atom stereocenters. The minimum atomic E-state index is -0.637. The second kappa shape index (κ2) is 11.6. The Kier molecular flexibility index (Phi) is 9.87. The lowest BCUT2D eigenvalue weighted by Gasteiger charge is -2.45. The Balaban J connectivity index is 1.79. The maximum atomic E-state index is 12.3. The predicted molar refractivity (Wildman–Crippen MR) is 115 cm³/mol. The summed E-state index contributed by atoms with van der Waals surface area (Å²) < 4.78 is 4.83. The minimum Gasteiger partial charge on any atom is -0.392 e. The zero-order chi connectivity index (χ0) is 20.6. The zero-order valence-electron chi connectivity index (χ0n) is 17.0. The first kappa shape index (κ1) is 23.8. The summed E-state index contributed by atoms with van der Waals surface area (Å²) in [7, 11) is 0. The van der Waals surface area contributed by atoms with E-state index < -0.39 is 6.10 Å². The molecule has 0 aromatic carbocycles. The number of thioether (sulfide) groups is 1. The Morgan fingerprint density at radius 1 is 1.39 bits per heavy atom. The summed E-state index contributed by atoms with van der Waals surface area (Å²) >= 11 is 2.71. The third-order valence-corrected chi connectivity index (χ3v) is 8.16. The second-order valence-electron chi connectivity index (χ2n) is 8.00. The molecule has 0 aromatic heterocycles. The summed E-state index contributed by atoms with van der Waals surface area (Å²) in [5, 5.41) is 20.7. The van der Waals surface area contributed by atoms with Crippen molar-refractivity contribution < 1.29 is 24.0 Å². The molecular weight excluding hydrogens is 396 g/mol. The lowest BCUT2D eigenvalue weighted by Crippen LogP contribution is -2.41. The van der Waals surface area contributed by atoms with Crippen molar-refractivity contribution in [3.8, 4) is 0 Å². The van der Waals surface area contributed by atoms with Gasteiger partial charge in [-0.2, -0.15) is 0 Å². The zero-order valence-corrected chi connectivity index (χ0v) is 18.6. The molecule has 160 valence electrons. The largest absolute Gasteiger partial charge is 0.392 e. The normalized spacial score (nSPS) is 27.7. The molecule has 7 heteroatoms. The summed E-state index contributed by atoms with van der Waals surface area (Å²) in [6.45, 7) is 3.54. The highest BCUT2D eigenvalue weighted by molar-refractivity contribution is 8.00. The number of hydrogen-bond acceptors (Lipinski definition) is 7. The molecule has 0 heterocycles. The quantitative estimate of drug-likeness (QED) is 0.276. The second-order valence-corrected chi connectivity index (χ2v) is 10.1. The first-order valence-electron chi connectivity index (χ1n) is 10.4. The van der Waals surface area contributed by atoms with Crippen molar-refractivity contribution in [2.24, 2.45) is 11.3 Å². The van der Waals surface area contributed by atoms with Crippen LogP contribution in [0.25, 0.3) is 0 Å². The van der Waals surface area contributed by atoms with E-state index in [1.165, 1.54) is 13.3 Å². The number of aliphatic hydroxyl groups is 2. The van der Waals surface area contributed by atoms with E-state index in [2.05, 4.69) is 6.92 Å². The van der Waals surface area contributed by atoms with Crippen LogP contribution in [0, 0.1) is 11.3 Å². The van der Waals surface area contributed by atoms with E-state index in [0.717, 1.165) is 49.9 Å². The molecule has 28 heavy (non-hydrogen) atoms. The Morgan fingerprint density at radius 3 is 2.75 bits per heavy atom. The summed E-state index contributed by atoms with van der Waals surface area (Å²) in [5.41, 5.74) is 0.0803. The van der Waals surface area contributed by atoms with Gasteiger partial charge in [-0.15, -0.1) is 11.8 Å². The first-order chi connectivity index (χ1) is 13.4. The highest BCUT2D eigenvalue weighted by Gasteiger charge is 2.42. The molecule has 0 amide bonds. The number of carbonyl (C=O) groups is 2. The standard InChI is InChI=1S/C21H34O5S2/c1-3-9-21(10-5-11-21)19(25)8-4-7-16-17(23)14-18(24)20(16)27-12-6-13-28-26-15(2)22/h4,7,16-17,19-20,23,25H,3,5-6,8-14H2,1-2H3/t16-,17+,19?,20+/m0/s1. The van der Waals surface area contributed by atoms with Gasteiger partial charge in [0.2, 0.25) is 0 Å². The van der Waals surface area contributed by atoms with Crippen LogP contribution in [0.5, 0.6) is 0 Å². The van der Waals surface area contributed by atoms with Gasteiger partial charge >= 0.3 is 5.97 Å². The van der Waals surface area contributed by atoms with Crippen LogP contribution in [-0.4, -0.2) is 50.9 Å². The van der Waals surface area contributed by atoms with Crippen molar-refractivity contribution in [3.63, 3.8) is 0 Å². The highest BCUT2D eigenvalue weighted by atomic mass is 32.2. The third kappa shape index (κ3) is 6.51. The molecule has 2 saturated carbocycles. The average molecular weight is 431 g/mol. The fraction of sp³-hybridized carbons (Fsp3) is 0.810. The maximum Gasteiger partial charge on any atom is 0.314 e. The smallest absolute Gasteiger partial charge is 0.314 e. The van der Waals surface area contributed by atoms with E-state index >= 15 is 0 Å². The van der Waals surface area contributed by atoms with Crippen LogP contribution in [0.4, 0.5) is 0 Å². The SMILES string of the molecule is CCCC1(C(O)CC=C[C@H]2[C@H](O)CC(=O)[C@@H]2SCCCSOC(C)=O)CCC1. The van der Waals surface area contributed by atoms with Gasteiger partial charge in [-0.25, -0.2) is 0 Å². The number of aliphatic hydroxyl groups excluding tert-OH is 2. The average Bonchev–Trinajstić information content (AvgIpc) is 2.87. The molecule has 0 bridgehead atoms. The van der Waals surface area contributed by atoms with Crippen molar-refractivity contribution >= 4 is 35.6 Å². The van der Waals surface area contributed by atoms with Gasteiger partial charge in [0.15, 0.2) is 0 Å². The molecule has 0 aromatic rings. The number of Topliss-reactive ketones (excluding diaryl/α,β-unsaturated/α-hetero) is 1. The van der Waals surface area contributed by atoms with Crippen LogP contribution in [0.3, 0.4) is 0 Å². The van der Waals surface area contributed by atoms with E-state index in [-0.39, 0.29) is 40.9 Å². The Morgan fingerprint density at radius 2 is 2.14 bits per heavy atom. The molecule has 2 aliphatic carbocycles. The van der Waals surface area contributed by atoms with Crippen molar-refractivity contribution in [1.82, 2.24) is 0 Å². The Labute approximate surface area is 177 Å². The van der Waals surface area contributed by atoms with E-state index in [4.69, 9.17) is 4.18 Å². The predicted octanol–water partition coefficient (Wildman–Crippen LogP) is 3.92. The van der Waals surface area contributed by atoms with Crippen LogP contribution in [0.15, 0.2) is 12.2 Å². The van der Waals surface area contributed by atoms with Crippen LogP contribution < -0.4 is 0 Å². The third-order valence-electron chi connectivity index (χ3n) is 5.89. The van der Waals surface area contributed by atoms with Crippen molar-refractivity contribution in [2.45, 2.75) is 82.7 Å². The molecule has 0 saturated heterocycles. The Bertz CT molecular complexity index is 547. The van der Waals surface area contributed by atoms with Gasteiger partial charge < -0.3 is 14.4 Å². The van der Waals surface area contributed by atoms with Gasteiger partial charge in [-0.05, 0) is 43.3 Å². The molecule has 0 radical (unpaired) electrons. The lowest BCUT2D eigenvalue weighted by atomic mass is 9.62. The van der Waals surface area contributed by atoms with Crippen LogP contribution >= 0.6 is 23.8 Å². The van der Waals surface area contributed by atoms with E-state index in [0.29, 0.717) is 12.2 Å². The van der Waals surface area contributed by atoms with Crippen LogP contribution in [0.1, 0.15) is 65.2 Å². The first-order valence-corrected chi connectivity index (χ1v) is 12.3. The van der Waals surface area contributed by atoms with Gasteiger partial charge in [-0.1, -0.05) is 31.9 Å². The molecule has 2 rings (SSSR count). The van der Waals surface area contributed by atoms with Crippen LogP contribution in [0.2, 0.25) is 0 Å². The Hall–Kier alpha value is -0.500. The molecule has 5 nitrogen and oxygen atoms in total. The van der Waals surface area contributed by atoms with E-state index in [1.807, 2.05) is 12.2 Å². The minimum absolute atomic E-state index is 0.0803. The topological polar surface area (TPSA) is 83.8 Å². The summed E-state index contributed by atoms with van der Waals surface area (Å²) in [6, 6.07) is 0. The molecule has 1 unspecified atom stereocenters. The van der Waals surface area contributed by atoms with E-state index in [9.17, 15) is 19.8 Å². The van der Waals surface area contributed by atoms with Gasteiger partial charge in [-0.3, -0.25) is 9.59 Å². The number of carbonyl (C=O) groups excluding carboxylic acids is 2. The van der Waals surface area contributed by atoms with Crippen molar-refractivity contribution in [3.05, 3.63) is 12.2 Å². The maximum absolute atomic E-state index is 12.3. The summed E-state index contributed by atoms with van der Waals surface area (Å²) in [6.07, 6.45) is 10.1. The van der Waals surface area contributed by atoms with Gasteiger partial charge in [0, 0.05) is 25.0 Å². The molecular formula is C21H34O5S2. The fourth-order valence-corrected chi connectivity index (χ4v) is 6.29. The fourth-order valence-electron chi connectivity index (χ4n) is 4.25.